The maximum Gasteiger partial charge on any atom is 1.00 e. The molecule has 7 heteroatoms. The molecule has 1 fully saturated rings. The Labute approximate surface area is 184 Å². The first-order valence-electron chi connectivity index (χ1n) is 8.64. The van der Waals surface area contributed by atoms with E-state index in [0.29, 0.717) is 0 Å². The third-order valence-electron chi connectivity index (χ3n) is 3.77. The monoisotopic (exact) mass is 488 g/mol. The van der Waals surface area contributed by atoms with E-state index in [1.54, 1.807) is 31.3 Å². The number of nitrogens with one attached hydrogen (secondary N) is 1. The minimum Gasteiger partial charge on any atom is -0.497 e. The third kappa shape index (κ3) is 8.23. The number of hydrogen-bond acceptors (Lipinski definition) is 5. The number of aliphatic imine (C=N–C) groups is 1. The predicted octanol–water partition coefficient (Wildman–Crippen LogP) is 4.90. The Morgan fingerprint density at radius 2 is 1.96 bits per heavy atom. The van der Waals surface area contributed by atoms with Crippen LogP contribution in [0, 0.1) is 12.5 Å². The molecule has 0 saturated carbocycles. The van der Waals surface area contributed by atoms with Crippen LogP contribution in [-0.2, 0) is 19.5 Å². The molecule has 0 aliphatic carbocycles. The predicted molar refractivity (Wildman–Crippen MR) is 114 cm³/mol. The number of benzene rings is 2. The molecule has 1 aliphatic rings. The van der Waals surface area contributed by atoms with Gasteiger partial charge in [0.15, 0.2) is 0 Å². The van der Waals surface area contributed by atoms with Crippen LogP contribution in [0.25, 0.3) is 6.08 Å². The van der Waals surface area contributed by atoms with Gasteiger partial charge in [0.05, 0.1) is 12.8 Å². The fraction of sp³-hybridized carbons (Fsp3) is 0.238. The van der Waals surface area contributed by atoms with Crippen molar-refractivity contribution >= 4 is 29.9 Å². The number of halogens is 1. The van der Waals surface area contributed by atoms with Gasteiger partial charge in [-0.05, 0) is 74.3 Å². The van der Waals surface area contributed by atoms with Crippen LogP contribution < -0.4 is 10.1 Å². The first-order chi connectivity index (χ1) is 13.2. The second-order valence-corrected chi connectivity index (χ2v) is 6.47. The summed E-state index contributed by atoms with van der Waals surface area (Å²) < 4.78 is 20.5. The largest absolute Gasteiger partial charge is 1.00 e. The fourth-order valence-corrected chi connectivity index (χ4v) is 2.80. The van der Waals surface area contributed by atoms with Crippen molar-refractivity contribution in [2.24, 2.45) is 4.99 Å². The van der Waals surface area contributed by atoms with E-state index >= 15 is 0 Å². The molecule has 2 aromatic rings. The molecule has 0 amide bonds. The quantitative estimate of drug-likeness (QED) is 0.282. The molecule has 3 rings (SSSR count). The Morgan fingerprint density at radius 3 is 2.50 bits per heavy atom. The van der Waals surface area contributed by atoms with Gasteiger partial charge in [-0.25, -0.2) is 4.39 Å². The number of nitrogens with zero attached hydrogens (tertiary/aromatic N) is 2. The molecule has 0 unspecified atom stereocenters. The molecule has 1 saturated heterocycles. The average molecular weight is 488 g/mol. The zero-order chi connectivity index (χ0) is 19.5. The minimum atomic E-state index is -0.250. The van der Waals surface area contributed by atoms with Gasteiger partial charge in [0, 0.05) is 11.8 Å². The Bertz CT molecular complexity index is 763. The molecule has 2 aromatic carbocycles. The molecular weight excluding hydrogens is 462 g/mol. The molecule has 0 aromatic heterocycles. The molecule has 1 N–H and O–H groups in total. The third-order valence-corrected chi connectivity index (χ3v) is 4.52. The Kier molecular flexibility index (Phi) is 11.9. The zero-order valence-electron chi connectivity index (χ0n) is 16.2. The summed E-state index contributed by atoms with van der Waals surface area (Å²) in [5.41, 5.74) is 2.51. The van der Waals surface area contributed by atoms with Crippen molar-refractivity contribution in [3.8, 4) is 5.75 Å². The molecule has 1 heterocycles. The Hall–Kier alpha value is -1.53. The van der Waals surface area contributed by atoms with Crippen molar-refractivity contribution < 1.29 is 28.6 Å². The molecular formula is C21H25FN3ORuS. The molecule has 151 valence electrons. The van der Waals surface area contributed by atoms with Crippen molar-refractivity contribution in [2.45, 2.75) is 6.92 Å². The van der Waals surface area contributed by atoms with Gasteiger partial charge in [0.2, 0.25) is 0 Å². The minimum absolute atomic E-state index is 0. The number of hydrogen-bond donors (Lipinski definition) is 1. The molecule has 0 bridgehead atoms. The van der Waals surface area contributed by atoms with Crippen molar-refractivity contribution in [2.75, 3.05) is 26.5 Å². The molecule has 28 heavy (non-hydrogen) atoms. The van der Waals surface area contributed by atoms with Gasteiger partial charge in [-0.15, -0.1) is 11.9 Å². The first kappa shape index (κ1) is 24.5. The molecule has 0 spiro atoms. The van der Waals surface area contributed by atoms with Crippen LogP contribution >= 0.6 is 11.9 Å². The van der Waals surface area contributed by atoms with E-state index in [1.807, 2.05) is 50.0 Å². The zero-order valence-corrected chi connectivity index (χ0v) is 18.8. The topological polar surface area (TPSA) is 36.9 Å². The van der Waals surface area contributed by atoms with Gasteiger partial charge in [-0.2, -0.15) is 6.67 Å². The molecule has 1 radical (unpaired) electrons. The van der Waals surface area contributed by atoms with Gasteiger partial charge in [-0.3, -0.25) is 4.99 Å². The van der Waals surface area contributed by atoms with Crippen LogP contribution in [0.15, 0.2) is 53.5 Å². The van der Waals surface area contributed by atoms with Crippen LogP contribution in [0.2, 0.25) is 0 Å². The van der Waals surface area contributed by atoms with Gasteiger partial charge >= 0.3 is 19.5 Å². The van der Waals surface area contributed by atoms with Crippen molar-refractivity contribution in [3.63, 3.8) is 0 Å². The molecule has 1 aliphatic heterocycles. The SMILES string of the molecule is C/C=C\c1cc(F)ccc1C=Nc1ccc(OC)cc1.CSN1[CH-]NCC1.[Ru+]. The number of allylic oxidation sites excluding steroid dienone is 1. The summed E-state index contributed by atoms with van der Waals surface area (Å²) in [7, 11) is 1.63. The van der Waals surface area contributed by atoms with E-state index in [1.165, 1.54) is 12.1 Å². The van der Waals surface area contributed by atoms with E-state index in [0.717, 1.165) is 35.7 Å². The summed E-state index contributed by atoms with van der Waals surface area (Å²) in [5, 5.41) is 3.10. The summed E-state index contributed by atoms with van der Waals surface area (Å²) in [6.45, 7) is 6.14. The smallest absolute Gasteiger partial charge is 0.497 e. The van der Waals surface area contributed by atoms with E-state index in [2.05, 4.69) is 20.9 Å². The van der Waals surface area contributed by atoms with E-state index in [-0.39, 0.29) is 25.3 Å². The van der Waals surface area contributed by atoms with E-state index in [9.17, 15) is 4.39 Å². The average Bonchev–Trinajstić information content (AvgIpc) is 3.22. The second kappa shape index (κ2) is 13.6. The standard InChI is InChI=1S/C17H16FNO.C4H9N2S.Ru/c1-3-4-13-11-15(18)6-5-14(13)12-19-16-7-9-17(20-2)10-8-16;1-7-6-3-2-5-4-6;/h3-12H,1-2H3;4-5H,2-3H2,1H3;/q;-1;+1/b4-3-,19-12?;;. The van der Waals surface area contributed by atoms with Gasteiger partial charge in [-0.1, -0.05) is 12.2 Å². The summed E-state index contributed by atoms with van der Waals surface area (Å²) >= 11 is 1.75. The number of rotatable bonds is 5. The molecule has 4 nitrogen and oxygen atoms in total. The van der Waals surface area contributed by atoms with Crippen LogP contribution in [0.3, 0.4) is 0 Å². The maximum absolute atomic E-state index is 13.2. The summed E-state index contributed by atoms with van der Waals surface area (Å²) in [4.78, 5) is 4.39. The van der Waals surface area contributed by atoms with Crippen molar-refractivity contribution in [3.05, 3.63) is 72.2 Å². The summed E-state index contributed by atoms with van der Waals surface area (Å²) in [6.07, 6.45) is 7.54. The maximum atomic E-state index is 13.2. The summed E-state index contributed by atoms with van der Waals surface area (Å²) in [6, 6.07) is 12.1. The van der Waals surface area contributed by atoms with Crippen LogP contribution in [0.5, 0.6) is 5.75 Å². The Balaban J connectivity index is 0.000000414. The number of ether oxygens (including phenoxy) is 1. The van der Waals surface area contributed by atoms with Gasteiger partial charge in [0.1, 0.15) is 11.6 Å². The van der Waals surface area contributed by atoms with E-state index in [4.69, 9.17) is 4.74 Å². The Morgan fingerprint density at radius 1 is 1.21 bits per heavy atom. The van der Waals surface area contributed by atoms with Crippen molar-refractivity contribution in [1.82, 2.24) is 9.62 Å². The van der Waals surface area contributed by atoms with Crippen LogP contribution in [-0.4, -0.2) is 37.0 Å². The first-order valence-corrected chi connectivity index (χ1v) is 9.82. The number of methoxy groups -OCH3 is 1. The second-order valence-electron chi connectivity index (χ2n) is 5.64. The van der Waals surface area contributed by atoms with E-state index < -0.39 is 0 Å². The molecule has 0 atom stereocenters. The van der Waals surface area contributed by atoms with Crippen molar-refractivity contribution in [1.29, 1.82) is 0 Å². The van der Waals surface area contributed by atoms with Gasteiger partial charge < -0.3 is 14.4 Å². The summed E-state index contributed by atoms with van der Waals surface area (Å²) in [5.74, 6) is 0.542. The van der Waals surface area contributed by atoms with Crippen LogP contribution in [0.1, 0.15) is 18.1 Å². The van der Waals surface area contributed by atoms with Crippen LogP contribution in [0.4, 0.5) is 10.1 Å². The van der Waals surface area contributed by atoms with Gasteiger partial charge in [0.25, 0.3) is 0 Å². The normalized spacial score (nSPS) is 14.0. The fourth-order valence-electron chi connectivity index (χ4n) is 2.35.